The van der Waals surface area contributed by atoms with Crippen molar-refractivity contribution in [2.75, 3.05) is 18.0 Å². The highest BCUT2D eigenvalue weighted by Gasteiger charge is 2.24. The monoisotopic (exact) mass is 381 g/mol. The standard InChI is InChI=1S/C22H31N5O/c1-22(2,3)19-8-9-21(28)27(25-19)15-16-10-12-26(13-11-16)20-14-17-6-4-5-7-18(17)23-24-20/h8-9,14,16H,4-7,10-13,15H2,1-3H3. The van der Waals surface area contributed by atoms with Gasteiger partial charge in [-0.05, 0) is 62.1 Å². The quantitative estimate of drug-likeness (QED) is 0.817. The number of aryl methyl sites for hydroxylation is 2. The molecule has 1 saturated heterocycles. The first-order valence-electron chi connectivity index (χ1n) is 10.6. The molecule has 1 aliphatic carbocycles. The summed E-state index contributed by atoms with van der Waals surface area (Å²) in [7, 11) is 0. The molecule has 2 aliphatic rings. The number of rotatable bonds is 3. The minimum absolute atomic E-state index is 0.00372. The maximum Gasteiger partial charge on any atom is 0.266 e. The molecule has 0 saturated carbocycles. The minimum atomic E-state index is -0.0517. The number of nitrogens with zero attached hydrogens (tertiary/aromatic N) is 5. The van der Waals surface area contributed by atoms with Crippen molar-refractivity contribution in [3.05, 3.63) is 45.5 Å². The molecule has 2 aromatic heterocycles. The maximum absolute atomic E-state index is 12.3. The SMILES string of the molecule is CC(C)(C)c1ccc(=O)n(CC2CCN(c3cc4c(nn3)CCCC4)CC2)n1. The molecule has 3 heterocycles. The van der Waals surface area contributed by atoms with Gasteiger partial charge in [0.2, 0.25) is 0 Å². The third-order valence-electron chi connectivity index (χ3n) is 6.06. The Morgan fingerprint density at radius 2 is 1.82 bits per heavy atom. The zero-order valence-electron chi connectivity index (χ0n) is 17.3. The highest BCUT2D eigenvalue weighted by atomic mass is 16.1. The van der Waals surface area contributed by atoms with Gasteiger partial charge in [-0.25, -0.2) is 4.68 Å². The van der Waals surface area contributed by atoms with E-state index in [0.29, 0.717) is 12.5 Å². The van der Waals surface area contributed by atoms with E-state index >= 15 is 0 Å². The van der Waals surface area contributed by atoms with Gasteiger partial charge < -0.3 is 4.90 Å². The molecule has 4 rings (SSSR count). The van der Waals surface area contributed by atoms with Crippen LogP contribution >= 0.6 is 0 Å². The average molecular weight is 382 g/mol. The molecule has 0 radical (unpaired) electrons. The zero-order valence-corrected chi connectivity index (χ0v) is 17.3. The largest absolute Gasteiger partial charge is 0.355 e. The van der Waals surface area contributed by atoms with E-state index in [1.165, 1.54) is 24.1 Å². The summed E-state index contributed by atoms with van der Waals surface area (Å²) in [6.07, 6.45) is 6.79. The molecule has 150 valence electrons. The van der Waals surface area contributed by atoms with Crippen molar-refractivity contribution in [1.82, 2.24) is 20.0 Å². The molecule has 0 bridgehead atoms. The van der Waals surface area contributed by atoms with E-state index in [-0.39, 0.29) is 11.0 Å². The number of anilines is 1. The average Bonchev–Trinajstić information content (AvgIpc) is 2.69. The second-order valence-electron chi connectivity index (χ2n) is 9.30. The van der Waals surface area contributed by atoms with E-state index < -0.39 is 0 Å². The van der Waals surface area contributed by atoms with Crippen LogP contribution in [0.5, 0.6) is 0 Å². The molecule has 2 aromatic rings. The summed E-state index contributed by atoms with van der Waals surface area (Å²) in [6, 6.07) is 5.77. The fraction of sp³-hybridized carbons (Fsp3) is 0.636. The first kappa shape index (κ1) is 19.1. The number of piperidine rings is 1. The van der Waals surface area contributed by atoms with Crippen molar-refractivity contribution >= 4 is 5.82 Å². The lowest BCUT2D eigenvalue weighted by Gasteiger charge is -2.33. The summed E-state index contributed by atoms with van der Waals surface area (Å²) >= 11 is 0. The lowest BCUT2D eigenvalue weighted by Crippen LogP contribution is -2.38. The van der Waals surface area contributed by atoms with Gasteiger partial charge in [0.05, 0.1) is 11.4 Å². The topological polar surface area (TPSA) is 63.9 Å². The van der Waals surface area contributed by atoms with Crippen molar-refractivity contribution in [1.29, 1.82) is 0 Å². The summed E-state index contributed by atoms with van der Waals surface area (Å²) in [5.41, 5.74) is 3.48. The normalized spacial score (nSPS) is 18.2. The smallest absolute Gasteiger partial charge is 0.266 e. The Labute approximate surface area is 167 Å². The fourth-order valence-electron chi connectivity index (χ4n) is 4.20. The van der Waals surface area contributed by atoms with Crippen molar-refractivity contribution < 1.29 is 0 Å². The lowest BCUT2D eigenvalue weighted by atomic mass is 9.92. The number of hydrogen-bond donors (Lipinski definition) is 0. The fourth-order valence-corrected chi connectivity index (χ4v) is 4.20. The van der Waals surface area contributed by atoms with Crippen LogP contribution in [0.25, 0.3) is 0 Å². The van der Waals surface area contributed by atoms with E-state index in [0.717, 1.165) is 50.3 Å². The third kappa shape index (κ3) is 4.10. The number of aromatic nitrogens is 4. The maximum atomic E-state index is 12.3. The molecule has 1 aliphatic heterocycles. The summed E-state index contributed by atoms with van der Waals surface area (Å²) in [5, 5.41) is 13.6. The minimum Gasteiger partial charge on any atom is -0.355 e. The highest BCUT2D eigenvalue weighted by Crippen LogP contribution is 2.26. The molecule has 1 fully saturated rings. The Bertz CT molecular complexity index is 891. The van der Waals surface area contributed by atoms with Gasteiger partial charge in [0.1, 0.15) is 0 Å². The number of fused-ring (bicyclic) bond motifs is 1. The van der Waals surface area contributed by atoms with Crippen molar-refractivity contribution in [3.63, 3.8) is 0 Å². The predicted molar refractivity (Wildman–Crippen MR) is 111 cm³/mol. The number of hydrogen-bond acceptors (Lipinski definition) is 5. The Kier molecular flexibility index (Phi) is 5.21. The van der Waals surface area contributed by atoms with Crippen LogP contribution in [-0.4, -0.2) is 33.1 Å². The van der Waals surface area contributed by atoms with Gasteiger partial charge in [-0.3, -0.25) is 4.79 Å². The summed E-state index contributed by atoms with van der Waals surface area (Å²) in [5.74, 6) is 1.49. The molecule has 0 atom stereocenters. The second-order valence-corrected chi connectivity index (χ2v) is 9.30. The van der Waals surface area contributed by atoms with E-state index in [4.69, 9.17) is 0 Å². The Balaban J connectivity index is 1.40. The van der Waals surface area contributed by atoms with E-state index in [1.54, 1.807) is 10.7 Å². The van der Waals surface area contributed by atoms with Gasteiger partial charge in [-0.2, -0.15) is 10.2 Å². The van der Waals surface area contributed by atoms with Crippen LogP contribution in [0.15, 0.2) is 23.0 Å². The van der Waals surface area contributed by atoms with Gasteiger partial charge in [0.25, 0.3) is 5.56 Å². The predicted octanol–water partition coefficient (Wildman–Crippen LogP) is 3.13. The van der Waals surface area contributed by atoms with Gasteiger partial charge >= 0.3 is 0 Å². The van der Waals surface area contributed by atoms with Crippen LogP contribution in [0.4, 0.5) is 5.82 Å². The van der Waals surface area contributed by atoms with Gasteiger partial charge in [0, 0.05) is 31.1 Å². The van der Waals surface area contributed by atoms with E-state index in [9.17, 15) is 4.79 Å². The molecular weight excluding hydrogens is 350 g/mol. The second kappa shape index (κ2) is 7.64. The van der Waals surface area contributed by atoms with Crippen LogP contribution in [0.3, 0.4) is 0 Å². The Morgan fingerprint density at radius 1 is 1.07 bits per heavy atom. The summed E-state index contributed by atoms with van der Waals surface area (Å²) < 4.78 is 1.67. The van der Waals surface area contributed by atoms with Crippen LogP contribution in [0.1, 0.15) is 63.4 Å². The van der Waals surface area contributed by atoms with Crippen molar-refractivity contribution in [2.24, 2.45) is 5.92 Å². The van der Waals surface area contributed by atoms with E-state index in [2.05, 4.69) is 47.0 Å². The van der Waals surface area contributed by atoms with E-state index in [1.807, 2.05) is 6.07 Å². The molecule has 0 unspecified atom stereocenters. The first-order chi connectivity index (χ1) is 13.4. The first-order valence-corrected chi connectivity index (χ1v) is 10.6. The molecule has 0 spiro atoms. The molecule has 6 nitrogen and oxygen atoms in total. The Morgan fingerprint density at radius 3 is 2.57 bits per heavy atom. The van der Waals surface area contributed by atoms with Gasteiger partial charge in [-0.1, -0.05) is 20.8 Å². The molecule has 6 heteroatoms. The lowest BCUT2D eigenvalue weighted by molar-refractivity contribution is 0.329. The van der Waals surface area contributed by atoms with Gasteiger partial charge in [0.15, 0.2) is 5.82 Å². The van der Waals surface area contributed by atoms with Crippen LogP contribution < -0.4 is 10.5 Å². The molecule has 0 aromatic carbocycles. The molecular formula is C22H31N5O. The third-order valence-corrected chi connectivity index (χ3v) is 6.06. The molecule has 0 N–H and O–H groups in total. The van der Waals surface area contributed by atoms with Crippen molar-refractivity contribution in [2.45, 2.75) is 71.3 Å². The van der Waals surface area contributed by atoms with Crippen LogP contribution in [-0.2, 0) is 24.8 Å². The van der Waals surface area contributed by atoms with Crippen LogP contribution in [0.2, 0.25) is 0 Å². The molecule has 0 amide bonds. The summed E-state index contributed by atoms with van der Waals surface area (Å²) in [4.78, 5) is 14.6. The Hall–Kier alpha value is -2.24. The zero-order chi connectivity index (χ0) is 19.7. The van der Waals surface area contributed by atoms with Crippen LogP contribution in [0, 0.1) is 5.92 Å². The summed E-state index contributed by atoms with van der Waals surface area (Å²) in [6.45, 7) is 9.01. The van der Waals surface area contributed by atoms with Gasteiger partial charge in [-0.15, -0.1) is 5.10 Å². The van der Waals surface area contributed by atoms with Crippen molar-refractivity contribution in [3.8, 4) is 0 Å². The highest BCUT2D eigenvalue weighted by molar-refractivity contribution is 5.42. The molecule has 28 heavy (non-hydrogen) atoms.